The van der Waals surface area contributed by atoms with Crippen molar-refractivity contribution in [1.82, 2.24) is 24.9 Å². The minimum Gasteiger partial charge on any atom is -0.374 e. The lowest BCUT2D eigenvalue weighted by Gasteiger charge is -2.33. The van der Waals surface area contributed by atoms with Crippen molar-refractivity contribution >= 4 is 23.2 Å². The summed E-state index contributed by atoms with van der Waals surface area (Å²) in [5.41, 5.74) is 5.77. The number of H-pyrrole nitrogens is 1. The van der Waals surface area contributed by atoms with Crippen LogP contribution in [0.4, 0.5) is 5.69 Å². The number of nitrogens with zero attached hydrogens (tertiary/aromatic N) is 5. The normalized spacial score (nSPS) is 19.1. The maximum atomic E-state index is 12.7. The van der Waals surface area contributed by atoms with E-state index >= 15 is 0 Å². The van der Waals surface area contributed by atoms with Gasteiger partial charge in [-0.1, -0.05) is 11.6 Å². The number of nitrogens with one attached hydrogen (secondary N) is 1. The van der Waals surface area contributed by atoms with Gasteiger partial charge in [0.2, 0.25) is 0 Å². The molecule has 2 aliphatic heterocycles. The summed E-state index contributed by atoms with van der Waals surface area (Å²) in [7, 11) is 3.72. The average Bonchev–Trinajstić information content (AvgIpc) is 3.46. The first-order valence-corrected chi connectivity index (χ1v) is 11.8. The molecule has 1 amide bonds. The predicted molar refractivity (Wildman–Crippen MR) is 127 cm³/mol. The molecule has 3 aromatic rings. The van der Waals surface area contributed by atoms with Crippen molar-refractivity contribution in [3.05, 3.63) is 52.4 Å². The van der Waals surface area contributed by atoms with Crippen LogP contribution in [-0.4, -0.2) is 62.3 Å². The smallest absolute Gasteiger partial charge is 0.257 e. The number of carbonyl (C=O) groups is 1. The molecule has 0 spiro atoms. The van der Waals surface area contributed by atoms with E-state index in [-0.39, 0.29) is 5.91 Å². The van der Waals surface area contributed by atoms with Crippen LogP contribution in [0.15, 0.2) is 30.7 Å². The summed E-state index contributed by atoms with van der Waals surface area (Å²) < 4.78 is 1.66. The van der Waals surface area contributed by atoms with Crippen molar-refractivity contribution < 1.29 is 9.90 Å². The molecule has 1 aromatic carbocycles. The molecule has 0 saturated carbocycles. The van der Waals surface area contributed by atoms with Crippen molar-refractivity contribution in [2.45, 2.75) is 38.3 Å². The largest absolute Gasteiger partial charge is 0.374 e. The Kier molecular flexibility index (Phi) is 5.88. The van der Waals surface area contributed by atoms with E-state index in [0.717, 1.165) is 71.9 Å². The van der Waals surface area contributed by atoms with E-state index in [1.165, 1.54) is 0 Å². The Morgan fingerprint density at radius 1 is 1.21 bits per heavy atom. The van der Waals surface area contributed by atoms with Gasteiger partial charge in [-0.15, -0.1) is 0 Å². The molecule has 0 bridgehead atoms. The molecular formula is C24H29ClN6O2. The number of halogens is 1. The van der Waals surface area contributed by atoms with Gasteiger partial charge in [-0.25, -0.2) is 0 Å². The lowest BCUT2D eigenvalue weighted by molar-refractivity contribution is 0.0690. The van der Waals surface area contributed by atoms with Gasteiger partial charge in [0.15, 0.2) is 0 Å². The third-order valence-corrected chi connectivity index (χ3v) is 7.48. The average molecular weight is 469 g/mol. The number of rotatable bonds is 4. The van der Waals surface area contributed by atoms with Crippen LogP contribution in [0.2, 0.25) is 5.02 Å². The topological polar surface area (TPSA) is 90.3 Å². The molecule has 0 aliphatic carbocycles. The Morgan fingerprint density at radius 3 is 2.73 bits per heavy atom. The van der Waals surface area contributed by atoms with E-state index in [9.17, 15) is 9.90 Å². The predicted octanol–water partition coefficient (Wildman–Crippen LogP) is 3.26. The number of likely N-dealkylation sites (tertiary alicyclic amines) is 1. The molecular weight excluding hydrogens is 440 g/mol. The van der Waals surface area contributed by atoms with Gasteiger partial charge in [-0.3, -0.25) is 14.6 Å². The molecule has 33 heavy (non-hydrogen) atoms. The van der Waals surface area contributed by atoms with E-state index in [4.69, 9.17) is 11.6 Å². The molecule has 2 N–H and O–H groups in total. The van der Waals surface area contributed by atoms with Crippen molar-refractivity contribution in [2.24, 2.45) is 13.0 Å². The summed E-state index contributed by atoms with van der Waals surface area (Å²) >= 11 is 6.85. The second-order valence-corrected chi connectivity index (χ2v) is 9.55. The van der Waals surface area contributed by atoms with E-state index in [2.05, 4.69) is 15.3 Å². The van der Waals surface area contributed by atoms with Crippen molar-refractivity contribution in [3.63, 3.8) is 0 Å². The Balaban J connectivity index is 1.28. The number of carbonyl (C=O) groups excluding carboxylic acids is 1. The van der Waals surface area contributed by atoms with Crippen LogP contribution in [0.5, 0.6) is 0 Å². The van der Waals surface area contributed by atoms with Gasteiger partial charge >= 0.3 is 0 Å². The zero-order chi connectivity index (χ0) is 23.1. The van der Waals surface area contributed by atoms with Crippen molar-refractivity contribution in [1.29, 1.82) is 0 Å². The molecule has 2 aliphatic rings. The highest BCUT2D eigenvalue weighted by molar-refractivity contribution is 6.34. The third-order valence-electron chi connectivity index (χ3n) is 7.05. The van der Waals surface area contributed by atoms with Crippen LogP contribution in [0.1, 0.15) is 40.7 Å². The number of hydrogen-bond acceptors (Lipinski definition) is 5. The number of piperidine rings is 1. The molecule has 2 aromatic heterocycles. The minimum absolute atomic E-state index is 0.0569. The highest BCUT2D eigenvalue weighted by Gasteiger charge is 2.28. The van der Waals surface area contributed by atoms with Crippen LogP contribution in [0.3, 0.4) is 0 Å². The summed E-state index contributed by atoms with van der Waals surface area (Å²) in [5, 5.41) is 22.5. The molecule has 1 atom stereocenters. The maximum absolute atomic E-state index is 12.7. The Bertz CT molecular complexity index is 1160. The number of benzene rings is 1. The summed E-state index contributed by atoms with van der Waals surface area (Å²) in [6.07, 6.45) is 9.05. The lowest BCUT2D eigenvalue weighted by Crippen LogP contribution is -2.38. The fourth-order valence-electron chi connectivity index (χ4n) is 5.06. The lowest BCUT2D eigenvalue weighted by atomic mass is 9.88. The first-order chi connectivity index (χ1) is 15.9. The fraction of sp³-hybridized carbons (Fsp3) is 0.458. The van der Waals surface area contributed by atoms with E-state index in [0.29, 0.717) is 17.9 Å². The van der Waals surface area contributed by atoms with Crippen LogP contribution >= 0.6 is 11.6 Å². The minimum atomic E-state index is -0.474. The van der Waals surface area contributed by atoms with Crippen LogP contribution < -0.4 is 4.90 Å². The van der Waals surface area contributed by atoms with Gasteiger partial charge in [0, 0.05) is 44.6 Å². The first-order valence-electron chi connectivity index (χ1n) is 11.4. The summed E-state index contributed by atoms with van der Waals surface area (Å²) in [6, 6.07) is 4.05. The van der Waals surface area contributed by atoms with Gasteiger partial charge < -0.3 is 14.9 Å². The maximum Gasteiger partial charge on any atom is 0.257 e. The molecule has 8 nitrogen and oxygen atoms in total. The number of aromatic nitrogens is 4. The summed E-state index contributed by atoms with van der Waals surface area (Å²) in [4.78, 5) is 16.5. The number of amides is 1. The SMILES string of the molecule is CN1c2ccc(-c3[nH]ncc3CC3CCN(C(=O)c4cnn(C)c4)CC3)c(Cl)c2CCC1O. The number of aliphatic hydroxyl groups is 1. The first kappa shape index (κ1) is 22.0. The second kappa shape index (κ2) is 8.83. The molecule has 5 rings (SSSR count). The van der Waals surface area contributed by atoms with Crippen LogP contribution in [0, 0.1) is 5.92 Å². The zero-order valence-corrected chi connectivity index (χ0v) is 19.7. The molecule has 174 valence electrons. The Hall–Kier alpha value is -2.84. The molecule has 1 saturated heterocycles. The highest BCUT2D eigenvalue weighted by Crippen LogP contribution is 2.40. The summed E-state index contributed by atoms with van der Waals surface area (Å²) in [6.45, 7) is 1.50. The van der Waals surface area contributed by atoms with E-state index < -0.39 is 6.23 Å². The van der Waals surface area contributed by atoms with E-state index in [1.807, 2.05) is 42.2 Å². The highest BCUT2D eigenvalue weighted by atomic mass is 35.5. The second-order valence-electron chi connectivity index (χ2n) is 9.17. The number of aryl methyl sites for hydroxylation is 1. The van der Waals surface area contributed by atoms with Gasteiger partial charge in [0.05, 0.1) is 28.7 Å². The quantitative estimate of drug-likeness (QED) is 0.613. The Morgan fingerprint density at radius 2 is 2.00 bits per heavy atom. The third kappa shape index (κ3) is 4.13. The molecule has 4 heterocycles. The van der Waals surface area contributed by atoms with E-state index in [1.54, 1.807) is 17.1 Å². The van der Waals surface area contributed by atoms with Gasteiger partial charge in [-0.2, -0.15) is 10.2 Å². The van der Waals surface area contributed by atoms with Crippen LogP contribution in [-0.2, 0) is 19.9 Å². The monoisotopic (exact) mass is 468 g/mol. The zero-order valence-electron chi connectivity index (χ0n) is 19.0. The number of fused-ring (bicyclic) bond motifs is 1. The molecule has 1 unspecified atom stereocenters. The van der Waals surface area contributed by atoms with Crippen molar-refractivity contribution in [3.8, 4) is 11.3 Å². The number of anilines is 1. The molecule has 1 fully saturated rings. The molecule has 9 heteroatoms. The molecule has 0 radical (unpaired) electrons. The number of aromatic amines is 1. The Labute approximate surface area is 198 Å². The number of hydrogen-bond donors (Lipinski definition) is 2. The fourth-order valence-corrected chi connectivity index (χ4v) is 5.41. The standard InChI is InChI=1S/C24H29ClN6O2/c1-29-14-17(13-27-29)24(33)31-9-7-15(8-10-31)11-16-12-26-28-23(16)19-3-5-20-18(22(19)25)4-6-21(32)30(20)2/h3,5,12-15,21,32H,4,6-11H2,1-2H3,(H,26,28). The van der Waals surface area contributed by atoms with Crippen molar-refractivity contribution in [2.75, 3.05) is 25.0 Å². The van der Waals surface area contributed by atoms with Gasteiger partial charge in [0.25, 0.3) is 5.91 Å². The van der Waals surface area contributed by atoms with Gasteiger partial charge in [0.1, 0.15) is 6.23 Å². The van der Waals surface area contributed by atoms with Gasteiger partial charge in [-0.05, 0) is 61.3 Å². The van der Waals surface area contributed by atoms with Crippen LogP contribution in [0.25, 0.3) is 11.3 Å². The summed E-state index contributed by atoms with van der Waals surface area (Å²) in [5.74, 6) is 0.540. The number of aliphatic hydroxyl groups excluding tert-OH is 1.